The van der Waals surface area contributed by atoms with E-state index in [1.54, 1.807) is 30.7 Å². The van der Waals surface area contributed by atoms with Crippen LogP contribution in [-0.2, 0) is 20.7 Å². The number of pyridine rings is 2. The van der Waals surface area contributed by atoms with Crippen molar-refractivity contribution in [3.63, 3.8) is 0 Å². The molecule has 0 aliphatic carbocycles. The van der Waals surface area contributed by atoms with Crippen LogP contribution in [-0.4, -0.2) is 43.4 Å². The molecule has 6 rings (SSSR count). The molecule has 2 aromatic carbocycles. The number of ether oxygens (including phenoxy) is 2. The molecule has 0 radical (unpaired) electrons. The van der Waals surface area contributed by atoms with Crippen LogP contribution in [0.5, 0.6) is 0 Å². The summed E-state index contributed by atoms with van der Waals surface area (Å²) in [6, 6.07) is 23.3. The highest BCUT2D eigenvalue weighted by Gasteiger charge is 2.51. The van der Waals surface area contributed by atoms with Crippen molar-refractivity contribution in [3.05, 3.63) is 121 Å². The second-order valence-corrected chi connectivity index (χ2v) is 9.16. The van der Waals surface area contributed by atoms with Crippen molar-refractivity contribution in [2.45, 2.75) is 18.2 Å². The minimum atomic E-state index is -1.91. The summed E-state index contributed by atoms with van der Waals surface area (Å²) in [5.74, 6) is -2.98. The number of carbonyl (C=O) groups excluding carboxylic acids is 2. The zero-order chi connectivity index (χ0) is 27.5. The molecule has 10 heteroatoms. The molecule has 1 aliphatic heterocycles. The summed E-state index contributed by atoms with van der Waals surface area (Å²) in [5.41, 5.74) is 9.14. The van der Waals surface area contributed by atoms with Crippen molar-refractivity contribution in [1.29, 1.82) is 0 Å². The van der Waals surface area contributed by atoms with Gasteiger partial charge in [-0.15, -0.1) is 0 Å². The van der Waals surface area contributed by atoms with Crippen LogP contribution in [0.1, 0.15) is 15.9 Å². The Morgan fingerprint density at radius 3 is 2.45 bits per heavy atom. The van der Waals surface area contributed by atoms with E-state index in [0.29, 0.717) is 11.5 Å². The molecule has 1 atom stereocenters. The van der Waals surface area contributed by atoms with Crippen molar-refractivity contribution in [1.82, 2.24) is 25.1 Å². The van der Waals surface area contributed by atoms with Crippen molar-refractivity contribution in [2.75, 3.05) is 0 Å². The lowest BCUT2D eigenvalue weighted by Gasteiger charge is -2.33. The summed E-state index contributed by atoms with van der Waals surface area (Å²) in [6.07, 6.45) is 7.73. The van der Waals surface area contributed by atoms with Crippen LogP contribution < -0.4 is 11.1 Å². The highest BCUT2D eigenvalue weighted by Crippen LogP contribution is 2.29. The summed E-state index contributed by atoms with van der Waals surface area (Å²) < 4.78 is 12.6. The molecule has 4 heterocycles. The standard InChI is InChI=1S/C30H24N6O4/c31-29(38)30(39-17-18-40-30)25(19-20-7-2-1-3-8-20)34-28(37)23-12-6-15-33-27(23)36-16-13-24(35-36)22-11-4-9-21-10-5-14-32-26(21)22/h1-18,25H,19H2,(H2,31,38)(H,34,37). The first kappa shape index (κ1) is 24.8. The average molecular weight is 533 g/mol. The van der Waals surface area contributed by atoms with Crippen LogP contribution in [0.4, 0.5) is 0 Å². The molecule has 0 spiro atoms. The third kappa shape index (κ3) is 4.51. The van der Waals surface area contributed by atoms with Crippen LogP contribution in [0, 0.1) is 0 Å². The average Bonchev–Trinajstić information content (AvgIpc) is 3.69. The van der Waals surface area contributed by atoms with E-state index in [2.05, 4.69) is 15.3 Å². The summed E-state index contributed by atoms with van der Waals surface area (Å²) in [6.45, 7) is 0. The van der Waals surface area contributed by atoms with E-state index >= 15 is 0 Å². The van der Waals surface area contributed by atoms with Gasteiger partial charge in [-0.25, -0.2) is 9.67 Å². The number of primary amides is 1. The number of nitrogens with zero attached hydrogens (tertiary/aromatic N) is 4. The maximum atomic E-state index is 13.7. The molecule has 0 saturated carbocycles. The predicted octanol–water partition coefficient (Wildman–Crippen LogP) is 3.52. The van der Waals surface area contributed by atoms with Crippen molar-refractivity contribution < 1.29 is 19.1 Å². The Bertz CT molecular complexity index is 1720. The minimum Gasteiger partial charge on any atom is -0.447 e. The molecule has 0 saturated heterocycles. The Balaban J connectivity index is 1.33. The van der Waals surface area contributed by atoms with E-state index in [1.165, 1.54) is 17.2 Å². The van der Waals surface area contributed by atoms with Crippen molar-refractivity contribution in [2.24, 2.45) is 5.73 Å². The summed E-state index contributed by atoms with van der Waals surface area (Å²) >= 11 is 0. The van der Waals surface area contributed by atoms with Crippen molar-refractivity contribution in [3.8, 4) is 17.1 Å². The number of hydrogen-bond donors (Lipinski definition) is 2. The van der Waals surface area contributed by atoms with Crippen LogP contribution in [0.15, 0.2) is 110 Å². The van der Waals surface area contributed by atoms with Gasteiger partial charge in [0, 0.05) is 36.0 Å². The van der Waals surface area contributed by atoms with Gasteiger partial charge in [0.1, 0.15) is 18.6 Å². The van der Waals surface area contributed by atoms with E-state index in [1.807, 2.05) is 66.7 Å². The molecule has 5 aromatic rings. The third-order valence-electron chi connectivity index (χ3n) is 6.68. The van der Waals surface area contributed by atoms with Crippen LogP contribution in [0.25, 0.3) is 28.0 Å². The number of aromatic nitrogens is 4. The van der Waals surface area contributed by atoms with Gasteiger partial charge in [-0.2, -0.15) is 5.10 Å². The van der Waals surface area contributed by atoms with Gasteiger partial charge in [0.05, 0.1) is 16.8 Å². The van der Waals surface area contributed by atoms with Gasteiger partial charge in [-0.1, -0.05) is 54.6 Å². The van der Waals surface area contributed by atoms with E-state index in [0.717, 1.165) is 22.0 Å². The molecule has 198 valence electrons. The van der Waals surface area contributed by atoms with Gasteiger partial charge in [-0.05, 0) is 29.8 Å². The second-order valence-electron chi connectivity index (χ2n) is 9.16. The van der Waals surface area contributed by atoms with Crippen molar-refractivity contribution >= 4 is 22.7 Å². The molecular formula is C30H24N6O4. The lowest BCUT2D eigenvalue weighted by molar-refractivity contribution is -0.182. The Labute approximate surface area is 229 Å². The molecule has 1 unspecified atom stereocenters. The maximum absolute atomic E-state index is 13.7. The summed E-state index contributed by atoms with van der Waals surface area (Å²) in [5, 5.41) is 8.60. The van der Waals surface area contributed by atoms with Gasteiger partial charge >= 0.3 is 11.7 Å². The number of hydrogen-bond acceptors (Lipinski definition) is 7. The Morgan fingerprint density at radius 2 is 1.65 bits per heavy atom. The largest absolute Gasteiger partial charge is 0.447 e. The third-order valence-corrected chi connectivity index (χ3v) is 6.68. The monoisotopic (exact) mass is 532 g/mol. The van der Waals surface area contributed by atoms with E-state index in [9.17, 15) is 9.59 Å². The van der Waals surface area contributed by atoms with Crippen LogP contribution in [0.2, 0.25) is 0 Å². The zero-order valence-electron chi connectivity index (χ0n) is 21.2. The number of carbonyl (C=O) groups is 2. The quantitative estimate of drug-likeness (QED) is 0.312. The fourth-order valence-corrected chi connectivity index (χ4v) is 4.76. The number of nitrogens with two attached hydrogens (primary N) is 1. The lowest BCUT2D eigenvalue weighted by Crippen LogP contribution is -2.61. The number of para-hydroxylation sites is 1. The van der Waals surface area contributed by atoms with Gasteiger partial charge < -0.3 is 20.5 Å². The lowest BCUT2D eigenvalue weighted by atomic mass is 9.97. The fourth-order valence-electron chi connectivity index (χ4n) is 4.76. The maximum Gasteiger partial charge on any atom is 0.352 e. The molecule has 1 aliphatic rings. The fraction of sp³-hybridized carbons (Fsp3) is 0.100. The number of rotatable bonds is 8. The van der Waals surface area contributed by atoms with Crippen LogP contribution in [0.3, 0.4) is 0 Å². The normalized spacial score (nSPS) is 14.3. The molecule has 0 fully saturated rings. The smallest absolute Gasteiger partial charge is 0.352 e. The molecule has 0 bridgehead atoms. The summed E-state index contributed by atoms with van der Waals surface area (Å²) in [7, 11) is 0. The minimum absolute atomic E-state index is 0.215. The zero-order valence-corrected chi connectivity index (χ0v) is 21.2. The highest BCUT2D eigenvalue weighted by atomic mass is 16.7. The van der Waals surface area contributed by atoms with E-state index < -0.39 is 23.6 Å². The molecule has 3 aromatic heterocycles. The first-order valence-corrected chi connectivity index (χ1v) is 12.6. The Morgan fingerprint density at radius 1 is 0.900 bits per heavy atom. The van der Waals surface area contributed by atoms with Gasteiger partial charge in [0.2, 0.25) is 0 Å². The highest BCUT2D eigenvalue weighted by molar-refractivity contribution is 5.98. The number of fused-ring (bicyclic) bond motifs is 1. The van der Waals surface area contributed by atoms with Gasteiger partial charge in [0.25, 0.3) is 5.91 Å². The van der Waals surface area contributed by atoms with E-state index in [-0.39, 0.29) is 12.0 Å². The van der Waals surface area contributed by atoms with E-state index in [4.69, 9.17) is 20.3 Å². The SMILES string of the molecule is NC(=O)C1(C(Cc2ccccc2)NC(=O)c2cccnc2-n2ccc(-c3cccc4cccnc34)n2)OC=CO1. The first-order chi connectivity index (χ1) is 19.5. The van der Waals surface area contributed by atoms with Gasteiger partial charge in [0.15, 0.2) is 5.82 Å². The number of nitrogens with one attached hydrogen (secondary N) is 1. The molecule has 3 N–H and O–H groups in total. The second kappa shape index (κ2) is 10.3. The van der Waals surface area contributed by atoms with Crippen LogP contribution >= 0.6 is 0 Å². The number of benzene rings is 2. The molecular weight excluding hydrogens is 508 g/mol. The Kier molecular flexibility index (Phi) is 6.41. The molecule has 10 nitrogen and oxygen atoms in total. The first-order valence-electron chi connectivity index (χ1n) is 12.6. The molecule has 2 amide bonds. The summed E-state index contributed by atoms with van der Waals surface area (Å²) in [4.78, 5) is 35.2. The number of amides is 2. The topological polar surface area (TPSA) is 134 Å². The Hall–Kier alpha value is -5.51. The predicted molar refractivity (Wildman–Crippen MR) is 147 cm³/mol. The van der Waals surface area contributed by atoms with Gasteiger partial charge in [-0.3, -0.25) is 14.6 Å². The molecule has 40 heavy (non-hydrogen) atoms.